The molecule has 0 saturated carbocycles. The van der Waals surface area contributed by atoms with Gasteiger partial charge in [0.25, 0.3) is 0 Å². The lowest BCUT2D eigenvalue weighted by Crippen LogP contribution is -2.32. The Morgan fingerprint density at radius 2 is 2.00 bits per heavy atom. The standard InChI is InChI=1S/C14H18BrN3/c1-3-13(16)14(18-9-12(15)8-17-18)11-6-4-10(2)5-7-11/h4-9,13-14H,3,16H2,1-2H3. The topological polar surface area (TPSA) is 43.8 Å². The minimum Gasteiger partial charge on any atom is -0.326 e. The van der Waals surface area contributed by atoms with Crippen LogP contribution in [0.3, 0.4) is 0 Å². The molecule has 2 rings (SSSR count). The molecule has 2 aromatic rings. The van der Waals surface area contributed by atoms with Crippen molar-refractivity contribution in [2.24, 2.45) is 5.73 Å². The van der Waals surface area contributed by atoms with Gasteiger partial charge in [-0.1, -0.05) is 36.8 Å². The van der Waals surface area contributed by atoms with Crippen molar-refractivity contribution in [2.75, 3.05) is 0 Å². The fourth-order valence-electron chi connectivity index (χ4n) is 2.05. The van der Waals surface area contributed by atoms with Crippen LogP contribution in [0.2, 0.25) is 0 Å². The van der Waals surface area contributed by atoms with Gasteiger partial charge >= 0.3 is 0 Å². The van der Waals surface area contributed by atoms with Crippen molar-refractivity contribution in [3.63, 3.8) is 0 Å². The summed E-state index contributed by atoms with van der Waals surface area (Å²) < 4.78 is 2.91. The number of aromatic nitrogens is 2. The Hall–Kier alpha value is -1.13. The third-order valence-corrected chi connectivity index (χ3v) is 3.56. The molecule has 3 nitrogen and oxygen atoms in total. The van der Waals surface area contributed by atoms with Crippen LogP contribution in [0.15, 0.2) is 41.1 Å². The van der Waals surface area contributed by atoms with Gasteiger partial charge in [-0.3, -0.25) is 4.68 Å². The lowest BCUT2D eigenvalue weighted by atomic mass is 9.97. The number of rotatable bonds is 4. The molecule has 0 aliphatic carbocycles. The molecule has 0 amide bonds. The van der Waals surface area contributed by atoms with Gasteiger partial charge in [-0.25, -0.2) is 0 Å². The fraction of sp³-hybridized carbons (Fsp3) is 0.357. The second-order valence-electron chi connectivity index (χ2n) is 4.57. The van der Waals surface area contributed by atoms with Crippen molar-refractivity contribution in [3.05, 3.63) is 52.3 Å². The minimum atomic E-state index is 0.0551. The molecule has 0 aliphatic rings. The van der Waals surface area contributed by atoms with Crippen molar-refractivity contribution in [2.45, 2.75) is 32.4 Å². The van der Waals surface area contributed by atoms with Crippen LogP contribution in [0.1, 0.15) is 30.5 Å². The number of hydrogen-bond donors (Lipinski definition) is 1. The van der Waals surface area contributed by atoms with Gasteiger partial charge in [-0.15, -0.1) is 0 Å². The third kappa shape index (κ3) is 2.82. The summed E-state index contributed by atoms with van der Waals surface area (Å²) in [5.41, 5.74) is 8.71. The SMILES string of the molecule is CCC(N)C(c1ccc(C)cc1)n1cc(Br)cn1. The summed E-state index contributed by atoms with van der Waals surface area (Å²) in [5, 5.41) is 4.37. The Labute approximate surface area is 116 Å². The molecule has 1 aromatic heterocycles. The van der Waals surface area contributed by atoms with Gasteiger partial charge in [-0.05, 0) is 34.8 Å². The lowest BCUT2D eigenvalue weighted by molar-refractivity contribution is 0.424. The maximum atomic E-state index is 6.25. The van der Waals surface area contributed by atoms with Crippen molar-refractivity contribution < 1.29 is 0 Å². The zero-order valence-electron chi connectivity index (χ0n) is 10.7. The van der Waals surface area contributed by atoms with Gasteiger partial charge in [0.15, 0.2) is 0 Å². The number of aryl methyl sites for hydroxylation is 1. The molecule has 1 aromatic carbocycles. The number of halogens is 1. The largest absolute Gasteiger partial charge is 0.326 e. The van der Waals surface area contributed by atoms with Crippen LogP contribution >= 0.6 is 15.9 Å². The highest BCUT2D eigenvalue weighted by molar-refractivity contribution is 9.10. The molecule has 2 unspecified atom stereocenters. The van der Waals surface area contributed by atoms with Crippen molar-refractivity contribution in [1.82, 2.24) is 9.78 Å². The number of nitrogens with two attached hydrogens (primary N) is 1. The fourth-order valence-corrected chi connectivity index (χ4v) is 2.35. The minimum absolute atomic E-state index is 0.0551. The average Bonchev–Trinajstić information content (AvgIpc) is 2.78. The molecule has 0 fully saturated rings. The molecular formula is C14H18BrN3. The number of nitrogens with zero attached hydrogens (tertiary/aromatic N) is 2. The highest BCUT2D eigenvalue weighted by Crippen LogP contribution is 2.24. The number of benzene rings is 1. The predicted molar refractivity (Wildman–Crippen MR) is 77.5 cm³/mol. The van der Waals surface area contributed by atoms with Crippen LogP contribution in [0.4, 0.5) is 0 Å². The van der Waals surface area contributed by atoms with Crippen molar-refractivity contribution in [1.29, 1.82) is 0 Å². The van der Waals surface area contributed by atoms with Crippen LogP contribution in [-0.2, 0) is 0 Å². The van der Waals surface area contributed by atoms with E-state index in [9.17, 15) is 0 Å². The first-order valence-electron chi connectivity index (χ1n) is 6.13. The first kappa shape index (κ1) is 13.3. The molecule has 2 atom stereocenters. The first-order valence-corrected chi connectivity index (χ1v) is 6.93. The smallest absolute Gasteiger partial charge is 0.0919 e. The zero-order chi connectivity index (χ0) is 13.1. The molecular weight excluding hydrogens is 290 g/mol. The van der Waals surface area contributed by atoms with E-state index in [1.54, 1.807) is 6.20 Å². The average molecular weight is 308 g/mol. The molecule has 0 spiro atoms. The van der Waals surface area contributed by atoms with Crippen LogP contribution in [0.5, 0.6) is 0 Å². The van der Waals surface area contributed by atoms with Crippen LogP contribution < -0.4 is 5.73 Å². The van der Waals surface area contributed by atoms with E-state index in [2.05, 4.69) is 59.1 Å². The second kappa shape index (κ2) is 5.67. The summed E-state index contributed by atoms with van der Waals surface area (Å²) in [7, 11) is 0. The third-order valence-electron chi connectivity index (χ3n) is 3.15. The van der Waals surface area contributed by atoms with Gasteiger partial charge < -0.3 is 5.73 Å². The Balaban J connectivity index is 2.39. The summed E-state index contributed by atoms with van der Waals surface area (Å²) in [6.45, 7) is 4.19. The van der Waals surface area contributed by atoms with E-state index in [1.165, 1.54) is 11.1 Å². The Kier molecular flexibility index (Phi) is 4.19. The van der Waals surface area contributed by atoms with E-state index in [0.717, 1.165) is 10.9 Å². The molecule has 0 saturated heterocycles. The Morgan fingerprint density at radius 3 is 2.50 bits per heavy atom. The van der Waals surface area contributed by atoms with E-state index >= 15 is 0 Å². The molecule has 4 heteroatoms. The molecule has 1 heterocycles. The normalized spacial score (nSPS) is 14.4. The highest BCUT2D eigenvalue weighted by atomic mass is 79.9. The zero-order valence-corrected chi connectivity index (χ0v) is 12.3. The quantitative estimate of drug-likeness (QED) is 0.942. The maximum absolute atomic E-state index is 6.25. The summed E-state index contributed by atoms with van der Waals surface area (Å²) in [6.07, 6.45) is 4.68. The van der Waals surface area contributed by atoms with E-state index in [4.69, 9.17) is 5.73 Å². The first-order chi connectivity index (χ1) is 8.61. The van der Waals surface area contributed by atoms with Gasteiger partial charge in [0.1, 0.15) is 0 Å². The maximum Gasteiger partial charge on any atom is 0.0919 e. The summed E-state index contributed by atoms with van der Waals surface area (Å²) in [5.74, 6) is 0. The van der Waals surface area contributed by atoms with Crippen LogP contribution in [0, 0.1) is 6.92 Å². The monoisotopic (exact) mass is 307 g/mol. The predicted octanol–water partition coefficient (Wildman–Crippen LogP) is 3.28. The molecule has 0 bridgehead atoms. The lowest BCUT2D eigenvalue weighted by Gasteiger charge is -2.24. The molecule has 96 valence electrons. The van der Waals surface area contributed by atoms with E-state index in [0.29, 0.717) is 0 Å². The molecule has 2 N–H and O–H groups in total. The van der Waals surface area contributed by atoms with Crippen LogP contribution in [0.25, 0.3) is 0 Å². The van der Waals surface area contributed by atoms with Gasteiger partial charge in [0.2, 0.25) is 0 Å². The van der Waals surface area contributed by atoms with E-state index in [-0.39, 0.29) is 12.1 Å². The molecule has 0 radical (unpaired) electrons. The van der Waals surface area contributed by atoms with Gasteiger partial charge in [0, 0.05) is 12.2 Å². The van der Waals surface area contributed by atoms with Gasteiger partial charge in [-0.2, -0.15) is 5.10 Å². The highest BCUT2D eigenvalue weighted by Gasteiger charge is 2.21. The van der Waals surface area contributed by atoms with E-state index < -0.39 is 0 Å². The Morgan fingerprint density at radius 1 is 1.33 bits per heavy atom. The van der Waals surface area contributed by atoms with Crippen LogP contribution in [-0.4, -0.2) is 15.8 Å². The summed E-state index contributed by atoms with van der Waals surface area (Å²) >= 11 is 3.43. The summed E-state index contributed by atoms with van der Waals surface area (Å²) in [6, 6.07) is 8.63. The second-order valence-corrected chi connectivity index (χ2v) is 5.48. The Bertz CT molecular complexity index is 504. The van der Waals surface area contributed by atoms with Crippen molar-refractivity contribution >= 4 is 15.9 Å². The van der Waals surface area contributed by atoms with E-state index in [1.807, 2.05) is 10.9 Å². The van der Waals surface area contributed by atoms with Gasteiger partial charge in [0.05, 0.1) is 16.7 Å². The number of hydrogen-bond acceptors (Lipinski definition) is 2. The molecule has 0 aliphatic heterocycles. The van der Waals surface area contributed by atoms with Crippen molar-refractivity contribution in [3.8, 4) is 0 Å². The summed E-state index contributed by atoms with van der Waals surface area (Å²) in [4.78, 5) is 0. The molecule has 18 heavy (non-hydrogen) atoms.